The molecule has 0 spiro atoms. The molecule has 1 N–H and O–H groups in total. The highest BCUT2D eigenvalue weighted by molar-refractivity contribution is 5.51. The number of aromatic hydroxyl groups is 1. The van der Waals surface area contributed by atoms with Crippen molar-refractivity contribution in [2.24, 2.45) is 5.41 Å². The van der Waals surface area contributed by atoms with E-state index in [2.05, 4.69) is 88.3 Å². The van der Waals surface area contributed by atoms with Gasteiger partial charge in [-0.2, -0.15) is 0 Å². The fourth-order valence-corrected chi connectivity index (χ4v) is 3.60. The third-order valence-electron chi connectivity index (χ3n) is 4.48. The minimum absolute atomic E-state index is 0.0715. The quantitative estimate of drug-likeness (QED) is 0.643. The second-order valence-corrected chi connectivity index (χ2v) is 11.0. The summed E-state index contributed by atoms with van der Waals surface area (Å²) < 4.78 is 0. The molecule has 0 unspecified atom stereocenters. The average molecular weight is 319 g/mol. The van der Waals surface area contributed by atoms with Crippen molar-refractivity contribution in [3.63, 3.8) is 0 Å². The van der Waals surface area contributed by atoms with Gasteiger partial charge < -0.3 is 5.11 Å². The number of hydrogen-bond acceptors (Lipinski definition) is 1. The first kappa shape index (κ1) is 20.1. The molecule has 23 heavy (non-hydrogen) atoms. The Morgan fingerprint density at radius 1 is 0.696 bits per heavy atom. The number of phenolic OH excluding ortho intramolecular Hbond substituents is 1. The summed E-state index contributed by atoms with van der Waals surface area (Å²) in [5, 5.41) is 10.9. The van der Waals surface area contributed by atoms with Crippen molar-refractivity contribution in [2.45, 2.75) is 98.8 Å². The van der Waals surface area contributed by atoms with Gasteiger partial charge in [-0.1, -0.05) is 88.3 Å². The van der Waals surface area contributed by atoms with Crippen LogP contribution in [0.5, 0.6) is 5.75 Å². The maximum atomic E-state index is 10.9. The summed E-state index contributed by atoms with van der Waals surface area (Å²) in [6.45, 7) is 24.6. The van der Waals surface area contributed by atoms with Crippen LogP contribution < -0.4 is 0 Å². The Morgan fingerprint density at radius 2 is 1.04 bits per heavy atom. The Balaban J connectivity index is 3.63. The number of hydrogen-bond donors (Lipinski definition) is 1. The lowest BCUT2D eigenvalue weighted by Gasteiger charge is -2.36. The third kappa shape index (κ3) is 4.99. The SMILES string of the molecule is CC(C)(C)CC(C)(C)c1cc(C(C)(C)C)c(O)c(C(C)(C)C)c1. The predicted octanol–water partition coefficient (Wildman–Crippen LogP) is 6.70. The molecule has 1 aromatic rings. The third-order valence-corrected chi connectivity index (χ3v) is 4.48. The molecule has 1 aromatic carbocycles. The molecule has 0 amide bonds. The van der Waals surface area contributed by atoms with E-state index < -0.39 is 0 Å². The fraction of sp³-hybridized carbons (Fsp3) is 0.727. The molecule has 1 heteroatoms. The molecule has 0 aliphatic heterocycles. The molecule has 0 radical (unpaired) electrons. The lowest BCUT2D eigenvalue weighted by Crippen LogP contribution is -2.27. The van der Waals surface area contributed by atoms with Crippen molar-refractivity contribution in [2.75, 3.05) is 0 Å². The van der Waals surface area contributed by atoms with Gasteiger partial charge in [0, 0.05) is 0 Å². The smallest absolute Gasteiger partial charge is 0.123 e. The molecule has 132 valence electrons. The summed E-state index contributed by atoms with van der Waals surface area (Å²) in [5.41, 5.74) is 3.65. The van der Waals surface area contributed by atoms with Gasteiger partial charge >= 0.3 is 0 Å². The topological polar surface area (TPSA) is 20.2 Å². The van der Waals surface area contributed by atoms with Crippen LogP contribution >= 0.6 is 0 Å². The van der Waals surface area contributed by atoms with Gasteiger partial charge in [0.05, 0.1) is 0 Å². The molecule has 1 nitrogen and oxygen atoms in total. The minimum Gasteiger partial charge on any atom is -0.507 e. The molecule has 0 saturated heterocycles. The van der Waals surface area contributed by atoms with Crippen molar-refractivity contribution in [1.82, 2.24) is 0 Å². The van der Waals surface area contributed by atoms with E-state index in [1.54, 1.807) is 0 Å². The molecule has 0 bridgehead atoms. The van der Waals surface area contributed by atoms with Crippen LogP contribution in [-0.4, -0.2) is 5.11 Å². The summed E-state index contributed by atoms with van der Waals surface area (Å²) in [5.74, 6) is 0.473. The summed E-state index contributed by atoms with van der Waals surface area (Å²) in [6.07, 6.45) is 1.11. The van der Waals surface area contributed by atoms with Gasteiger partial charge in [0.25, 0.3) is 0 Å². The molecule has 1 rings (SSSR count). The van der Waals surface area contributed by atoms with E-state index in [0.29, 0.717) is 5.75 Å². The molecular formula is C22H38O. The predicted molar refractivity (Wildman–Crippen MR) is 103 cm³/mol. The molecule has 0 saturated carbocycles. The van der Waals surface area contributed by atoms with E-state index in [0.717, 1.165) is 17.5 Å². The zero-order valence-corrected chi connectivity index (χ0v) is 17.3. The van der Waals surface area contributed by atoms with E-state index in [4.69, 9.17) is 0 Å². The second-order valence-electron chi connectivity index (χ2n) is 11.0. The van der Waals surface area contributed by atoms with Crippen molar-refractivity contribution in [3.05, 3.63) is 28.8 Å². The van der Waals surface area contributed by atoms with E-state index >= 15 is 0 Å². The lowest BCUT2D eigenvalue weighted by atomic mass is 9.69. The van der Waals surface area contributed by atoms with Gasteiger partial charge in [0.2, 0.25) is 0 Å². The largest absolute Gasteiger partial charge is 0.507 e. The van der Waals surface area contributed by atoms with E-state index in [9.17, 15) is 5.11 Å². The van der Waals surface area contributed by atoms with Crippen LogP contribution in [0, 0.1) is 5.41 Å². The molecular weight excluding hydrogens is 280 g/mol. The summed E-state index contributed by atoms with van der Waals surface area (Å²) in [6, 6.07) is 4.46. The monoisotopic (exact) mass is 318 g/mol. The maximum absolute atomic E-state index is 10.9. The summed E-state index contributed by atoms with van der Waals surface area (Å²) in [4.78, 5) is 0. The first-order valence-corrected chi connectivity index (χ1v) is 8.84. The van der Waals surface area contributed by atoms with Gasteiger partial charge in [-0.05, 0) is 44.8 Å². The molecule has 0 atom stereocenters. The van der Waals surface area contributed by atoms with Crippen LogP contribution in [0.1, 0.15) is 99.3 Å². The molecule has 0 aliphatic carbocycles. The van der Waals surface area contributed by atoms with E-state index in [1.165, 1.54) is 5.56 Å². The zero-order valence-electron chi connectivity index (χ0n) is 17.3. The van der Waals surface area contributed by atoms with Crippen LogP contribution in [-0.2, 0) is 16.2 Å². The van der Waals surface area contributed by atoms with Crippen LogP contribution in [0.2, 0.25) is 0 Å². The molecule has 0 fully saturated rings. The average Bonchev–Trinajstić information content (AvgIpc) is 2.21. The maximum Gasteiger partial charge on any atom is 0.123 e. The van der Waals surface area contributed by atoms with Gasteiger partial charge in [-0.3, -0.25) is 0 Å². The number of benzene rings is 1. The van der Waals surface area contributed by atoms with Crippen molar-refractivity contribution in [3.8, 4) is 5.75 Å². The van der Waals surface area contributed by atoms with Gasteiger partial charge in [0.1, 0.15) is 5.75 Å². The Labute approximate surface area is 144 Å². The number of phenols is 1. The minimum atomic E-state index is -0.0715. The highest BCUT2D eigenvalue weighted by Crippen LogP contribution is 2.44. The molecule has 0 heterocycles. The van der Waals surface area contributed by atoms with Gasteiger partial charge in [-0.25, -0.2) is 0 Å². The van der Waals surface area contributed by atoms with Crippen LogP contribution in [0.15, 0.2) is 12.1 Å². The van der Waals surface area contributed by atoms with Gasteiger partial charge in [-0.15, -0.1) is 0 Å². The highest BCUT2D eigenvalue weighted by atomic mass is 16.3. The van der Waals surface area contributed by atoms with Crippen LogP contribution in [0.3, 0.4) is 0 Å². The summed E-state index contributed by atoms with van der Waals surface area (Å²) >= 11 is 0. The Bertz CT molecular complexity index is 522. The first-order valence-electron chi connectivity index (χ1n) is 8.84. The Hall–Kier alpha value is -0.980. The highest BCUT2D eigenvalue weighted by Gasteiger charge is 2.32. The standard InChI is InChI=1S/C22H38O/c1-19(2,3)14-22(10,11)15-12-16(20(4,5)6)18(23)17(13-15)21(7,8)9/h12-13,23H,14H2,1-11H3. The second kappa shape index (κ2) is 5.83. The fourth-order valence-electron chi connectivity index (χ4n) is 3.60. The van der Waals surface area contributed by atoms with Gasteiger partial charge in [0.15, 0.2) is 0 Å². The molecule has 0 aliphatic rings. The summed E-state index contributed by atoms with van der Waals surface area (Å²) in [7, 11) is 0. The lowest BCUT2D eigenvalue weighted by molar-refractivity contribution is 0.283. The normalized spacial score (nSPS) is 14.2. The van der Waals surface area contributed by atoms with Crippen molar-refractivity contribution in [1.29, 1.82) is 0 Å². The van der Waals surface area contributed by atoms with Crippen molar-refractivity contribution >= 4 is 0 Å². The van der Waals surface area contributed by atoms with Crippen LogP contribution in [0.4, 0.5) is 0 Å². The first-order chi connectivity index (χ1) is 9.95. The zero-order chi connectivity index (χ0) is 18.4. The van der Waals surface area contributed by atoms with E-state index in [-0.39, 0.29) is 21.7 Å². The molecule has 0 aromatic heterocycles. The van der Waals surface area contributed by atoms with Crippen molar-refractivity contribution < 1.29 is 5.11 Å². The van der Waals surface area contributed by atoms with E-state index in [1.807, 2.05) is 0 Å². The number of rotatable bonds is 2. The Morgan fingerprint density at radius 3 is 1.30 bits per heavy atom. The van der Waals surface area contributed by atoms with Crippen LogP contribution in [0.25, 0.3) is 0 Å². The Kier molecular flexibility index (Phi) is 5.08.